The zero-order chi connectivity index (χ0) is 15.8. The number of aliphatic hydroxyl groups is 1. The molecule has 0 aromatic rings. The number of Topliss-reactive ketones (excluding diaryl/α,β-unsaturated/α-hetero) is 1. The first-order chi connectivity index (χ1) is 10.3. The minimum atomic E-state index is -0.970. The first kappa shape index (κ1) is 14.6. The SMILES string of the molecule is C[C@]12CCC(=O)CC1CC[C@@H]1[C@@H]2CC[C@]2(C)C(=O)C=C[C@@]12O. The lowest BCUT2D eigenvalue weighted by Crippen LogP contribution is -2.62. The fourth-order valence-electron chi connectivity index (χ4n) is 6.31. The number of allylic oxidation sites excluding steroid dienone is 1. The van der Waals surface area contributed by atoms with Crippen LogP contribution in [0.5, 0.6) is 0 Å². The van der Waals surface area contributed by atoms with Crippen LogP contribution in [0.3, 0.4) is 0 Å². The first-order valence-electron chi connectivity index (χ1n) is 8.79. The molecule has 0 aromatic heterocycles. The summed E-state index contributed by atoms with van der Waals surface area (Å²) in [6.45, 7) is 4.29. The average Bonchev–Trinajstić information content (AvgIpc) is 2.72. The predicted molar refractivity (Wildman–Crippen MR) is 83.1 cm³/mol. The highest BCUT2D eigenvalue weighted by atomic mass is 16.3. The van der Waals surface area contributed by atoms with Crippen molar-refractivity contribution in [3.63, 3.8) is 0 Å². The van der Waals surface area contributed by atoms with Gasteiger partial charge in [-0.25, -0.2) is 0 Å². The largest absolute Gasteiger partial charge is 0.384 e. The lowest BCUT2D eigenvalue weighted by molar-refractivity contribution is -0.184. The van der Waals surface area contributed by atoms with Gasteiger partial charge in [0.25, 0.3) is 0 Å². The van der Waals surface area contributed by atoms with E-state index in [9.17, 15) is 14.7 Å². The number of carbonyl (C=O) groups is 2. The van der Waals surface area contributed by atoms with Crippen LogP contribution in [0.1, 0.15) is 58.8 Å². The highest BCUT2D eigenvalue weighted by molar-refractivity contribution is 5.99. The maximum Gasteiger partial charge on any atom is 0.164 e. The molecule has 1 unspecified atom stereocenters. The Morgan fingerprint density at radius 3 is 2.64 bits per heavy atom. The van der Waals surface area contributed by atoms with E-state index in [0.29, 0.717) is 24.0 Å². The Morgan fingerprint density at radius 2 is 1.86 bits per heavy atom. The van der Waals surface area contributed by atoms with Gasteiger partial charge in [-0.3, -0.25) is 9.59 Å². The number of rotatable bonds is 0. The molecule has 1 N–H and O–H groups in total. The van der Waals surface area contributed by atoms with Crippen molar-refractivity contribution in [3.8, 4) is 0 Å². The van der Waals surface area contributed by atoms with Crippen molar-refractivity contribution < 1.29 is 14.7 Å². The number of carbonyl (C=O) groups excluding carboxylic acids is 2. The second-order valence-corrected chi connectivity index (χ2v) is 8.63. The van der Waals surface area contributed by atoms with Crippen LogP contribution < -0.4 is 0 Å². The second kappa shape index (κ2) is 4.31. The van der Waals surface area contributed by atoms with Crippen LogP contribution in [0.2, 0.25) is 0 Å². The molecule has 0 aromatic carbocycles. The monoisotopic (exact) mass is 302 g/mol. The summed E-state index contributed by atoms with van der Waals surface area (Å²) in [6.07, 6.45) is 9.54. The number of fused-ring (bicyclic) bond motifs is 5. The normalized spacial score (nSPS) is 53.9. The molecule has 4 aliphatic rings. The van der Waals surface area contributed by atoms with Gasteiger partial charge >= 0.3 is 0 Å². The molecule has 0 saturated heterocycles. The lowest BCUT2D eigenvalue weighted by atomic mass is 9.44. The Hall–Kier alpha value is -0.960. The molecule has 3 saturated carbocycles. The zero-order valence-electron chi connectivity index (χ0n) is 13.6. The molecule has 3 heteroatoms. The van der Waals surface area contributed by atoms with E-state index in [-0.39, 0.29) is 17.1 Å². The average molecular weight is 302 g/mol. The molecule has 0 heterocycles. The fourth-order valence-corrected chi connectivity index (χ4v) is 6.31. The number of hydrogen-bond acceptors (Lipinski definition) is 3. The maximum absolute atomic E-state index is 12.3. The lowest BCUT2D eigenvalue weighted by Gasteiger charge is -2.61. The second-order valence-electron chi connectivity index (χ2n) is 8.63. The van der Waals surface area contributed by atoms with Crippen molar-refractivity contribution in [2.45, 2.75) is 64.4 Å². The van der Waals surface area contributed by atoms with Gasteiger partial charge in [-0.15, -0.1) is 0 Å². The van der Waals surface area contributed by atoms with Crippen molar-refractivity contribution in [2.24, 2.45) is 28.6 Å². The van der Waals surface area contributed by atoms with Crippen LogP contribution in [0, 0.1) is 28.6 Å². The third-order valence-corrected chi connectivity index (χ3v) is 7.95. The van der Waals surface area contributed by atoms with Crippen LogP contribution in [-0.2, 0) is 9.59 Å². The molecule has 22 heavy (non-hydrogen) atoms. The predicted octanol–water partition coefficient (Wildman–Crippen LogP) is 3.06. The van der Waals surface area contributed by atoms with Crippen LogP contribution in [-0.4, -0.2) is 22.3 Å². The van der Waals surface area contributed by atoms with E-state index >= 15 is 0 Å². The molecule has 0 amide bonds. The number of hydrogen-bond donors (Lipinski definition) is 1. The summed E-state index contributed by atoms with van der Waals surface area (Å²) in [4.78, 5) is 24.2. The molecule has 4 aliphatic carbocycles. The summed E-state index contributed by atoms with van der Waals surface area (Å²) >= 11 is 0. The van der Waals surface area contributed by atoms with E-state index in [2.05, 4.69) is 6.92 Å². The Bertz CT molecular complexity index is 579. The zero-order valence-corrected chi connectivity index (χ0v) is 13.6. The Kier molecular flexibility index (Phi) is 2.87. The van der Waals surface area contributed by atoms with Crippen LogP contribution >= 0.6 is 0 Å². The third-order valence-electron chi connectivity index (χ3n) is 7.95. The van der Waals surface area contributed by atoms with Gasteiger partial charge in [0.1, 0.15) is 5.78 Å². The number of ketones is 2. The summed E-state index contributed by atoms with van der Waals surface area (Å²) in [5, 5.41) is 11.4. The van der Waals surface area contributed by atoms with Gasteiger partial charge in [0.15, 0.2) is 5.78 Å². The van der Waals surface area contributed by atoms with Crippen molar-refractivity contribution in [2.75, 3.05) is 0 Å². The van der Waals surface area contributed by atoms with Crippen LogP contribution in [0.15, 0.2) is 12.2 Å². The standard InChI is InChI=1S/C19H26O3/c1-17-8-5-13(20)11-12(17)3-4-15-14(17)6-9-18(2)16(21)7-10-19(15,18)22/h7,10,12,14-15,22H,3-6,8-9,11H2,1-2H3/t12?,14-,15+,17-,18+,19+/m0/s1. The Morgan fingerprint density at radius 1 is 1.09 bits per heavy atom. The van der Waals surface area contributed by atoms with Crippen molar-refractivity contribution in [3.05, 3.63) is 12.2 Å². The van der Waals surface area contributed by atoms with Gasteiger partial charge in [-0.2, -0.15) is 0 Å². The molecule has 0 bridgehead atoms. The molecule has 6 atom stereocenters. The van der Waals surface area contributed by atoms with Gasteiger partial charge in [-0.05, 0) is 74.3 Å². The summed E-state index contributed by atoms with van der Waals surface area (Å²) in [6, 6.07) is 0. The van der Waals surface area contributed by atoms with Gasteiger partial charge in [0.2, 0.25) is 0 Å². The fraction of sp³-hybridized carbons (Fsp3) is 0.789. The molecule has 120 valence electrons. The van der Waals surface area contributed by atoms with Crippen molar-refractivity contribution >= 4 is 11.6 Å². The van der Waals surface area contributed by atoms with Crippen LogP contribution in [0.4, 0.5) is 0 Å². The molecule has 0 spiro atoms. The van der Waals surface area contributed by atoms with E-state index in [1.165, 1.54) is 0 Å². The Balaban J connectivity index is 1.72. The molecule has 3 nitrogen and oxygen atoms in total. The molecule has 0 radical (unpaired) electrons. The summed E-state index contributed by atoms with van der Waals surface area (Å²) in [5.41, 5.74) is -1.43. The van der Waals surface area contributed by atoms with Gasteiger partial charge in [0.05, 0.1) is 11.0 Å². The molecular weight excluding hydrogens is 276 g/mol. The van der Waals surface area contributed by atoms with E-state index in [1.54, 1.807) is 12.2 Å². The van der Waals surface area contributed by atoms with Crippen LogP contribution in [0.25, 0.3) is 0 Å². The van der Waals surface area contributed by atoms with Gasteiger partial charge < -0.3 is 5.11 Å². The third kappa shape index (κ3) is 1.56. The van der Waals surface area contributed by atoms with E-state index in [1.807, 2.05) is 6.92 Å². The van der Waals surface area contributed by atoms with Crippen molar-refractivity contribution in [1.82, 2.24) is 0 Å². The highest BCUT2D eigenvalue weighted by Gasteiger charge is 2.65. The highest BCUT2D eigenvalue weighted by Crippen LogP contribution is 2.65. The smallest absolute Gasteiger partial charge is 0.164 e. The quantitative estimate of drug-likeness (QED) is 0.748. The molecule has 0 aliphatic heterocycles. The van der Waals surface area contributed by atoms with E-state index < -0.39 is 11.0 Å². The molecule has 4 rings (SSSR count). The summed E-state index contributed by atoms with van der Waals surface area (Å²) < 4.78 is 0. The minimum absolute atomic E-state index is 0.0968. The van der Waals surface area contributed by atoms with Crippen molar-refractivity contribution in [1.29, 1.82) is 0 Å². The minimum Gasteiger partial charge on any atom is -0.384 e. The van der Waals surface area contributed by atoms with E-state index in [0.717, 1.165) is 38.5 Å². The Labute approximate surface area is 132 Å². The van der Waals surface area contributed by atoms with Gasteiger partial charge in [0, 0.05) is 12.8 Å². The molecular formula is C19H26O3. The van der Waals surface area contributed by atoms with E-state index in [4.69, 9.17) is 0 Å². The summed E-state index contributed by atoms with van der Waals surface area (Å²) in [7, 11) is 0. The topological polar surface area (TPSA) is 54.4 Å². The summed E-state index contributed by atoms with van der Waals surface area (Å²) in [5.74, 6) is 1.59. The van der Waals surface area contributed by atoms with Gasteiger partial charge in [-0.1, -0.05) is 6.92 Å². The molecule has 3 fully saturated rings. The first-order valence-corrected chi connectivity index (χ1v) is 8.79. The maximum atomic E-state index is 12.3.